The molecule has 2 N–H and O–H groups in total. The Kier molecular flexibility index (Phi) is 7.85. The van der Waals surface area contributed by atoms with Gasteiger partial charge in [0.25, 0.3) is 5.91 Å². The second kappa shape index (κ2) is 11.5. The molecule has 0 unspecified atom stereocenters. The maximum Gasteiger partial charge on any atom is 0.318 e. The van der Waals surface area contributed by atoms with E-state index in [9.17, 15) is 14.4 Å². The van der Waals surface area contributed by atoms with E-state index >= 15 is 0 Å². The first-order valence-electron chi connectivity index (χ1n) is 13.1. The molecule has 1 saturated heterocycles. The molecular formula is C28H32ClN7O3. The number of nitrogens with zero attached hydrogens (tertiary/aromatic N) is 5. The van der Waals surface area contributed by atoms with Gasteiger partial charge in [-0.05, 0) is 49.7 Å². The molecule has 2 aliphatic heterocycles. The summed E-state index contributed by atoms with van der Waals surface area (Å²) in [4.78, 5) is 44.3. The molecule has 11 heteroatoms. The van der Waals surface area contributed by atoms with Gasteiger partial charge in [-0.15, -0.1) is 0 Å². The van der Waals surface area contributed by atoms with Gasteiger partial charge in [0.15, 0.2) is 0 Å². The van der Waals surface area contributed by atoms with Crippen LogP contribution in [0.1, 0.15) is 28.5 Å². The van der Waals surface area contributed by atoms with Gasteiger partial charge in [-0.3, -0.25) is 9.59 Å². The summed E-state index contributed by atoms with van der Waals surface area (Å²) in [6.07, 6.45) is 1.84. The van der Waals surface area contributed by atoms with E-state index < -0.39 is 0 Å². The van der Waals surface area contributed by atoms with Gasteiger partial charge in [0, 0.05) is 57.2 Å². The van der Waals surface area contributed by atoms with Crippen molar-refractivity contribution in [2.75, 3.05) is 44.2 Å². The van der Waals surface area contributed by atoms with E-state index in [4.69, 9.17) is 11.6 Å². The minimum atomic E-state index is -0.271. The minimum absolute atomic E-state index is 0.0353. The van der Waals surface area contributed by atoms with Gasteiger partial charge in [-0.25, -0.2) is 9.48 Å². The Bertz CT molecular complexity index is 1390. The average molecular weight is 550 g/mol. The standard InChI is InChI=1S/C28H32ClN7O3/c1-19-9-12-36(32-19)22-7-8-23(24(29)15-22)27(38)35-17-20(2)34(18-21-5-3-4-6-25(21)35)28(39)31-11-14-33-13-10-30-16-26(33)37/h3-9,12,15,20,30H,10-11,13-14,16-18H2,1-2H3,(H,31,39)/t20-/m1/s1. The molecule has 0 saturated carbocycles. The largest absolute Gasteiger partial charge is 0.339 e. The van der Waals surface area contributed by atoms with Crippen molar-refractivity contribution in [3.05, 3.63) is 76.6 Å². The van der Waals surface area contributed by atoms with Crippen molar-refractivity contribution < 1.29 is 14.4 Å². The highest BCUT2D eigenvalue weighted by atomic mass is 35.5. The second-order valence-corrected chi connectivity index (χ2v) is 10.3. The quantitative estimate of drug-likeness (QED) is 0.509. The van der Waals surface area contributed by atoms with Crippen LogP contribution in [0.15, 0.2) is 54.7 Å². The predicted molar refractivity (Wildman–Crippen MR) is 149 cm³/mol. The molecule has 1 aromatic heterocycles. The van der Waals surface area contributed by atoms with Crippen LogP contribution in [0.5, 0.6) is 0 Å². The van der Waals surface area contributed by atoms with Crippen molar-refractivity contribution in [2.24, 2.45) is 0 Å². The first-order chi connectivity index (χ1) is 18.8. The number of halogens is 1. The molecule has 4 amide bonds. The number of piperazine rings is 1. The number of benzene rings is 2. The lowest BCUT2D eigenvalue weighted by molar-refractivity contribution is -0.131. The van der Waals surface area contributed by atoms with Gasteiger partial charge < -0.3 is 25.3 Å². The van der Waals surface area contributed by atoms with Crippen LogP contribution >= 0.6 is 11.6 Å². The monoisotopic (exact) mass is 549 g/mol. The fourth-order valence-electron chi connectivity index (χ4n) is 4.98. The van der Waals surface area contributed by atoms with E-state index in [0.29, 0.717) is 49.9 Å². The highest BCUT2D eigenvalue weighted by Gasteiger charge is 2.32. The SMILES string of the molecule is Cc1ccn(-c2ccc(C(=O)N3C[C@@H](C)N(C(=O)NCCN4CCNCC4=O)Cc4ccccc43)c(Cl)c2)n1. The summed E-state index contributed by atoms with van der Waals surface area (Å²) in [5.74, 6) is -0.199. The molecule has 39 heavy (non-hydrogen) atoms. The zero-order valence-electron chi connectivity index (χ0n) is 22.1. The Morgan fingerprint density at radius 3 is 2.74 bits per heavy atom. The number of anilines is 1. The normalized spacial score (nSPS) is 17.6. The number of para-hydroxylation sites is 1. The van der Waals surface area contributed by atoms with Gasteiger partial charge in [0.2, 0.25) is 5.91 Å². The van der Waals surface area contributed by atoms with E-state index in [1.54, 1.807) is 31.5 Å². The van der Waals surface area contributed by atoms with Crippen LogP contribution in [0.4, 0.5) is 10.5 Å². The fraction of sp³-hybridized carbons (Fsp3) is 0.357. The number of fused-ring (bicyclic) bond motifs is 1. The van der Waals surface area contributed by atoms with E-state index in [0.717, 1.165) is 29.2 Å². The molecule has 1 atom stereocenters. The number of nitrogens with one attached hydrogen (secondary N) is 2. The van der Waals surface area contributed by atoms with E-state index in [1.165, 1.54) is 0 Å². The lowest BCUT2D eigenvalue weighted by atomic mass is 10.1. The van der Waals surface area contributed by atoms with E-state index in [2.05, 4.69) is 15.7 Å². The van der Waals surface area contributed by atoms with Gasteiger partial charge in [0.1, 0.15) is 0 Å². The van der Waals surface area contributed by atoms with Crippen LogP contribution in [0.25, 0.3) is 5.69 Å². The van der Waals surface area contributed by atoms with Gasteiger partial charge in [-0.2, -0.15) is 5.10 Å². The van der Waals surface area contributed by atoms with Crippen molar-refractivity contribution in [1.82, 2.24) is 30.2 Å². The van der Waals surface area contributed by atoms with Gasteiger partial charge in [-0.1, -0.05) is 29.8 Å². The zero-order chi connectivity index (χ0) is 27.5. The predicted octanol–water partition coefficient (Wildman–Crippen LogP) is 2.83. The third kappa shape index (κ3) is 5.76. The summed E-state index contributed by atoms with van der Waals surface area (Å²) in [6.45, 7) is 7.01. The topological polar surface area (TPSA) is 103 Å². The zero-order valence-corrected chi connectivity index (χ0v) is 22.8. The summed E-state index contributed by atoms with van der Waals surface area (Å²) in [5.41, 5.74) is 3.64. The van der Waals surface area contributed by atoms with E-state index in [1.807, 2.05) is 56.4 Å². The molecule has 10 nitrogen and oxygen atoms in total. The van der Waals surface area contributed by atoms with Crippen LogP contribution in [-0.2, 0) is 11.3 Å². The molecule has 3 heterocycles. The van der Waals surface area contributed by atoms with Crippen LogP contribution in [0, 0.1) is 6.92 Å². The first-order valence-corrected chi connectivity index (χ1v) is 13.4. The molecule has 2 aliphatic rings. The van der Waals surface area contributed by atoms with Crippen molar-refractivity contribution in [3.63, 3.8) is 0 Å². The van der Waals surface area contributed by atoms with Crippen molar-refractivity contribution >= 4 is 35.1 Å². The Morgan fingerprint density at radius 1 is 1.18 bits per heavy atom. The lowest BCUT2D eigenvalue weighted by Crippen LogP contribution is -2.52. The number of hydrogen-bond acceptors (Lipinski definition) is 5. The van der Waals surface area contributed by atoms with Crippen molar-refractivity contribution in [3.8, 4) is 5.69 Å². The van der Waals surface area contributed by atoms with Crippen molar-refractivity contribution in [1.29, 1.82) is 0 Å². The number of aryl methyl sites for hydroxylation is 1. The molecular weight excluding hydrogens is 518 g/mol. The number of hydrogen-bond donors (Lipinski definition) is 2. The average Bonchev–Trinajstić information content (AvgIpc) is 3.30. The third-order valence-electron chi connectivity index (χ3n) is 7.12. The molecule has 0 bridgehead atoms. The Labute approximate surface area is 232 Å². The van der Waals surface area contributed by atoms with Crippen molar-refractivity contribution in [2.45, 2.75) is 26.4 Å². The fourth-order valence-corrected chi connectivity index (χ4v) is 5.23. The van der Waals surface area contributed by atoms with Crippen LogP contribution < -0.4 is 15.5 Å². The molecule has 0 radical (unpaired) electrons. The number of rotatable bonds is 5. The minimum Gasteiger partial charge on any atom is -0.339 e. The summed E-state index contributed by atoms with van der Waals surface area (Å²) < 4.78 is 1.72. The number of aromatic nitrogens is 2. The maximum atomic E-state index is 13.8. The number of carbonyl (C=O) groups is 3. The summed E-state index contributed by atoms with van der Waals surface area (Å²) in [5, 5.41) is 10.7. The van der Waals surface area contributed by atoms with E-state index in [-0.39, 0.29) is 23.9 Å². The second-order valence-electron chi connectivity index (χ2n) is 9.88. The molecule has 2 aromatic carbocycles. The van der Waals surface area contributed by atoms with Crippen LogP contribution in [0.2, 0.25) is 5.02 Å². The molecule has 5 rings (SSSR count). The molecule has 3 aromatic rings. The highest BCUT2D eigenvalue weighted by Crippen LogP contribution is 2.30. The molecule has 0 aliphatic carbocycles. The molecule has 1 fully saturated rings. The lowest BCUT2D eigenvalue weighted by Gasteiger charge is -2.31. The summed E-state index contributed by atoms with van der Waals surface area (Å²) in [6, 6.07) is 14.3. The molecule has 0 spiro atoms. The van der Waals surface area contributed by atoms with Gasteiger partial charge in [0.05, 0.1) is 28.5 Å². The summed E-state index contributed by atoms with van der Waals surface area (Å²) >= 11 is 6.62. The number of urea groups is 1. The van der Waals surface area contributed by atoms with Crippen LogP contribution in [0.3, 0.4) is 0 Å². The molecule has 204 valence electrons. The number of carbonyl (C=O) groups excluding carboxylic acids is 3. The Morgan fingerprint density at radius 2 is 2.00 bits per heavy atom. The highest BCUT2D eigenvalue weighted by molar-refractivity contribution is 6.34. The Hall–Kier alpha value is -3.89. The third-order valence-corrected chi connectivity index (χ3v) is 7.44. The summed E-state index contributed by atoms with van der Waals surface area (Å²) in [7, 11) is 0. The first kappa shape index (κ1) is 26.7. The number of amides is 4. The van der Waals surface area contributed by atoms with Crippen LogP contribution in [-0.4, -0.2) is 82.7 Å². The smallest absolute Gasteiger partial charge is 0.318 e. The van der Waals surface area contributed by atoms with Gasteiger partial charge >= 0.3 is 6.03 Å². The maximum absolute atomic E-state index is 13.8. The Balaban J connectivity index is 1.32.